The number of rotatable bonds is 1. The van der Waals surface area contributed by atoms with Crippen LogP contribution in [0, 0.1) is 11.8 Å². The molecule has 0 aromatic carbocycles. The van der Waals surface area contributed by atoms with E-state index < -0.39 is 0 Å². The van der Waals surface area contributed by atoms with E-state index in [-0.39, 0.29) is 0 Å². The Morgan fingerprint density at radius 3 is 1.95 bits per heavy atom. The fraction of sp³-hybridized carbons (Fsp3) is 0.611. The number of hydrogen-bond acceptors (Lipinski definition) is 2. The highest BCUT2D eigenvalue weighted by Gasteiger charge is 2.36. The molecule has 2 unspecified atom stereocenters. The Morgan fingerprint density at radius 2 is 1.55 bits per heavy atom. The molecule has 2 bridgehead atoms. The zero-order chi connectivity index (χ0) is 15.5. The van der Waals surface area contributed by atoms with Gasteiger partial charge in [0.2, 0.25) is 0 Å². The van der Waals surface area contributed by atoms with Crippen molar-refractivity contribution in [3.05, 3.63) is 36.0 Å². The molecule has 2 fully saturated rings. The molecule has 2 nitrogen and oxygen atoms in total. The Morgan fingerprint density at radius 1 is 1.05 bits per heavy atom. The van der Waals surface area contributed by atoms with E-state index in [9.17, 15) is 0 Å². The summed E-state index contributed by atoms with van der Waals surface area (Å²) in [6.07, 6.45) is 10.5. The molecule has 2 rings (SSSR count). The maximum Gasteiger partial charge on any atom is 0.0639 e. The van der Waals surface area contributed by atoms with Crippen LogP contribution in [-0.2, 0) is 0 Å². The molecule has 2 aliphatic rings. The molecule has 2 atom stereocenters. The molecule has 1 N–H and O–H groups in total. The van der Waals surface area contributed by atoms with Crippen LogP contribution < -0.4 is 0 Å². The first-order chi connectivity index (χ1) is 9.80. The molecule has 2 aliphatic carbocycles. The molecule has 0 amide bonds. The van der Waals surface area contributed by atoms with Crippen molar-refractivity contribution in [3.63, 3.8) is 0 Å². The van der Waals surface area contributed by atoms with Gasteiger partial charge in [-0.15, -0.1) is 0 Å². The minimum atomic E-state index is 0.443. The lowest BCUT2D eigenvalue weighted by Crippen LogP contribution is -2.11. The van der Waals surface area contributed by atoms with Crippen LogP contribution in [0.1, 0.15) is 60.3 Å². The van der Waals surface area contributed by atoms with Gasteiger partial charge in [0.1, 0.15) is 0 Å². The van der Waals surface area contributed by atoms with E-state index in [2.05, 4.69) is 30.8 Å². The lowest BCUT2D eigenvalue weighted by Gasteiger charge is -2.14. The van der Waals surface area contributed by atoms with E-state index in [4.69, 9.17) is 5.21 Å². The van der Waals surface area contributed by atoms with Crippen LogP contribution in [0.4, 0.5) is 0 Å². The first-order valence-electron chi connectivity index (χ1n) is 7.99. The summed E-state index contributed by atoms with van der Waals surface area (Å²) in [6, 6.07) is 0. The average Bonchev–Trinajstić information content (AvgIpc) is 2.81. The highest BCUT2D eigenvalue weighted by atomic mass is 16.4. The number of fused-ring (bicyclic) bond motifs is 2. The van der Waals surface area contributed by atoms with Crippen molar-refractivity contribution in [1.82, 2.24) is 0 Å². The molecule has 0 saturated heterocycles. The lowest BCUT2D eigenvalue weighted by atomic mass is 9.91. The van der Waals surface area contributed by atoms with E-state index in [1.807, 2.05) is 33.8 Å². The van der Waals surface area contributed by atoms with Crippen LogP contribution in [0.15, 0.2) is 41.1 Å². The van der Waals surface area contributed by atoms with Gasteiger partial charge in [-0.3, -0.25) is 0 Å². The van der Waals surface area contributed by atoms with Crippen LogP contribution in [0.2, 0.25) is 0 Å². The van der Waals surface area contributed by atoms with Gasteiger partial charge in [-0.05, 0) is 43.8 Å². The summed E-state index contributed by atoms with van der Waals surface area (Å²) < 4.78 is 0. The molecule has 0 aromatic heterocycles. The highest BCUT2D eigenvalue weighted by molar-refractivity contribution is 5.91. The third-order valence-electron chi connectivity index (χ3n) is 3.83. The molecule has 0 aromatic rings. The summed E-state index contributed by atoms with van der Waals surface area (Å²) in [7, 11) is 0. The Kier molecular flexibility index (Phi) is 9.79. The summed E-state index contributed by atoms with van der Waals surface area (Å²) in [5.74, 6) is 0.899. The molecule has 114 valence electrons. The Bertz CT molecular complexity index is 377. The predicted octanol–water partition coefficient (Wildman–Crippen LogP) is 5.75. The zero-order valence-corrected chi connectivity index (χ0v) is 13.8. The fourth-order valence-electron chi connectivity index (χ4n) is 3.02. The summed E-state index contributed by atoms with van der Waals surface area (Å²) in [4.78, 5) is 0. The number of allylic oxidation sites excluding steroid dienone is 5. The Labute approximate surface area is 125 Å². The van der Waals surface area contributed by atoms with Gasteiger partial charge in [-0.2, -0.15) is 0 Å². The van der Waals surface area contributed by atoms with E-state index in [0.717, 1.165) is 25.0 Å². The van der Waals surface area contributed by atoms with E-state index in [1.54, 1.807) is 0 Å². The second-order valence-electron chi connectivity index (χ2n) is 4.65. The molecular formula is C18H31NO. The van der Waals surface area contributed by atoms with Crippen molar-refractivity contribution in [2.45, 2.75) is 60.3 Å². The highest BCUT2D eigenvalue weighted by Crippen LogP contribution is 2.42. The Balaban J connectivity index is 0.000000829. The Hall–Kier alpha value is -1.31. The normalized spacial score (nSPS) is 30.1. The molecule has 0 aliphatic heterocycles. The molecule has 0 radical (unpaired) electrons. The van der Waals surface area contributed by atoms with Crippen molar-refractivity contribution >= 4 is 5.71 Å². The maximum atomic E-state index is 9.10. The maximum absolute atomic E-state index is 9.10. The third-order valence-corrected chi connectivity index (χ3v) is 3.83. The average molecular weight is 277 g/mol. The number of nitrogens with zero attached hydrogens (tertiary/aromatic N) is 1. The van der Waals surface area contributed by atoms with Gasteiger partial charge in [0.05, 0.1) is 5.71 Å². The van der Waals surface area contributed by atoms with Gasteiger partial charge in [0.15, 0.2) is 0 Å². The monoisotopic (exact) mass is 277 g/mol. The number of hydrogen-bond donors (Lipinski definition) is 1. The van der Waals surface area contributed by atoms with Gasteiger partial charge in [0, 0.05) is 11.8 Å². The van der Waals surface area contributed by atoms with Gasteiger partial charge in [-0.25, -0.2) is 0 Å². The van der Waals surface area contributed by atoms with Crippen molar-refractivity contribution in [2.75, 3.05) is 0 Å². The standard InChI is InChI=1S/C14H19NO.2C2H6/c1-3-5-11-9-13-7-6-12(14(13)15-16)8-10(11)4-2;2*1-2/h3-5,12-13,16H,1,6-9H2,2H3;2*1-2H3/b10-4-,11-5-,15-14+;;. The minimum absolute atomic E-state index is 0.443. The van der Waals surface area contributed by atoms with Crippen LogP contribution >= 0.6 is 0 Å². The van der Waals surface area contributed by atoms with Gasteiger partial charge in [-0.1, -0.05) is 57.7 Å². The first-order valence-corrected chi connectivity index (χ1v) is 7.99. The molecule has 20 heavy (non-hydrogen) atoms. The molecular weight excluding hydrogens is 246 g/mol. The lowest BCUT2D eigenvalue weighted by molar-refractivity contribution is 0.313. The number of oxime groups is 1. The van der Waals surface area contributed by atoms with Gasteiger partial charge < -0.3 is 5.21 Å². The SMILES string of the molecule is C=C/C=C1/CC2CCC(C/C1=C/C)/C2=N\O.CC.CC. The van der Waals surface area contributed by atoms with E-state index in [0.29, 0.717) is 11.8 Å². The van der Waals surface area contributed by atoms with E-state index >= 15 is 0 Å². The van der Waals surface area contributed by atoms with Crippen molar-refractivity contribution in [1.29, 1.82) is 0 Å². The first kappa shape index (κ1) is 18.7. The molecule has 2 saturated carbocycles. The molecule has 2 heteroatoms. The van der Waals surface area contributed by atoms with Gasteiger partial charge in [0.25, 0.3) is 0 Å². The summed E-state index contributed by atoms with van der Waals surface area (Å²) in [5.41, 5.74) is 3.78. The van der Waals surface area contributed by atoms with E-state index in [1.165, 1.54) is 17.6 Å². The van der Waals surface area contributed by atoms with Crippen LogP contribution in [-0.4, -0.2) is 10.9 Å². The smallest absolute Gasteiger partial charge is 0.0639 e. The zero-order valence-electron chi connectivity index (χ0n) is 13.8. The van der Waals surface area contributed by atoms with Gasteiger partial charge >= 0.3 is 0 Å². The van der Waals surface area contributed by atoms with Crippen molar-refractivity contribution in [2.24, 2.45) is 17.0 Å². The second kappa shape index (κ2) is 10.5. The summed E-state index contributed by atoms with van der Waals surface area (Å²) >= 11 is 0. The second-order valence-corrected chi connectivity index (χ2v) is 4.65. The minimum Gasteiger partial charge on any atom is -0.411 e. The third kappa shape index (κ3) is 4.36. The van der Waals surface area contributed by atoms with Crippen LogP contribution in [0.3, 0.4) is 0 Å². The predicted molar refractivity (Wildman–Crippen MR) is 89.4 cm³/mol. The largest absolute Gasteiger partial charge is 0.411 e. The van der Waals surface area contributed by atoms with Crippen LogP contribution in [0.5, 0.6) is 0 Å². The molecule has 0 heterocycles. The fourth-order valence-corrected chi connectivity index (χ4v) is 3.02. The van der Waals surface area contributed by atoms with Crippen molar-refractivity contribution < 1.29 is 5.21 Å². The summed E-state index contributed by atoms with van der Waals surface area (Å²) in [5, 5.41) is 12.6. The van der Waals surface area contributed by atoms with Crippen LogP contribution in [0.25, 0.3) is 0 Å². The summed E-state index contributed by atoms with van der Waals surface area (Å²) in [6.45, 7) is 13.9. The molecule has 0 spiro atoms. The van der Waals surface area contributed by atoms with Crippen molar-refractivity contribution in [3.8, 4) is 0 Å². The topological polar surface area (TPSA) is 32.6 Å². The quantitative estimate of drug-likeness (QED) is 0.480.